The maximum atomic E-state index is 12.8. The summed E-state index contributed by atoms with van der Waals surface area (Å²) >= 11 is 0. The second kappa shape index (κ2) is 6.05. The summed E-state index contributed by atoms with van der Waals surface area (Å²) in [7, 11) is 0. The Balaban J connectivity index is 1.80. The Bertz CT molecular complexity index is 732. The van der Waals surface area contributed by atoms with Crippen LogP contribution >= 0.6 is 0 Å². The minimum Gasteiger partial charge on any atom is -0.508 e. The number of carbonyl (C=O) groups is 1. The zero-order valence-corrected chi connectivity index (χ0v) is 13.5. The standard InChI is InChI=1S/C19H22N2O2/c1-12-9-15(22)10-13(2)16(12)11-17(20)19(23)21-8-7-14-5-3-4-6-18(14)21/h3-6,9-10,17,22H,7-8,11,20H2,1-2H3. The molecule has 0 fully saturated rings. The summed E-state index contributed by atoms with van der Waals surface area (Å²) in [5, 5.41) is 9.64. The van der Waals surface area contributed by atoms with E-state index in [4.69, 9.17) is 5.73 Å². The van der Waals surface area contributed by atoms with Crippen LogP contribution < -0.4 is 10.6 Å². The number of fused-ring (bicyclic) bond motifs is 1. The van der Waals surface area contributed by atoms with E-state index in [1.165, 1.54) is 5.56 Å². The van der Waals surface area contributed by atoms with E-state index < -0.39 is 6.04 Å². The summed E-state index contributed by atoms with van der Waals surface area (Å²) < 4.78 is 0. The number of anilines is 1. The Morgan fingerprint density at radius 1 is 1.26 bits per heavy atom. The molecule has 1 atom stereocenters. The molecule has 4 nitrogen and oxygen atoms in total. The Morgan fingerprint density at radius 3 is 2.61 bits per heavy atom. The molecule has 23 heavy (non-hydrogen) atoms. The third-order valence-corrected chi connectivity index (χ3v) is 4.58. The van der Waals surface area contributed by atoms with E-state index in [-0.39, 0.29) is 11.7 Å². The van der Waals surface area contributed by atoms with Crippen LogP contribution in [-0.4, -0.2) is 23.6 Å². The fraction of sp³-hybridized carbons (Fsp3) is 0.316. The van der Waals surface area contributed by atoms with E-state index in [0.717, 1.165) is 28.8 Å². The molecule has 0 saturated carbocycles. The van der Waals surface area contributed by atoms with Gasteiger partial charge in [-0.15, -0.1) is 0 Å². The molecule has 1 heterocycles. The summed E-state index contributed by atoms with van der Waals surface area (Å²) in [5.41, 5.74) is 11.4. The number of amides is 1. The Hall–Kier alpha value is -2.33. The van der Waals surface area contributed by atoms with Crippen LogP contribution in [0.2, 0.25) is 0 Å². The highest BCUT2D eigenvalue weighted by atomic mass is 16.3. The number of phenols is 1. The van der Waals surface area contributed by atoms with Crippen LogP contribution in [-0.2, 0) is 17.6 Å². The highest BCUT2D eigenvalue weighted by Crippen LogP contribution is 2.28. The summed E-state index contributed by atoms with van der Waals surface area (Å²) in [6, 6.07) is 10.8. The predicted octanol–water partition coefficient (Wildman–Crippen LogP) is 2.47. The molecule has 1 amide bonds. The first-order valence-corrected chi connectivity index (χ1v) is 7.91. The number of benzene rings is 2. The molecule has 0 aromatic heterocycles. The molecule has 4 heteroatoms. The van der Waals surface area contributed by atoms with Crippen LogP contribution in [0, 0.1) is 13.8 Å². The summed E-state index contributed by atoms with van der Waals surface area (Å²) in [4.78, 5) is 14.6. The molecule has 0 aliphatic carbocycles. The molecular weight excluding hydrogens is 288 g/mol. The van der Waals surface area contributed by atoms with Gasteiger partial charge in [0.1, 0.15) is 5.75 Å². The number of aromatic hydroxyl groups is 1. The van der Waals surface area contributed by atoms with Crippen molar-refractivity contribution in [3.05, 3.63) is 58.7 Å². The number of rotatable bonds is 3. The van der Waals surface area contributed by atoms with Gasteiger partial charge in [0, 0.05) is 12.2 Å². The van der Waals surface area contributed by atoms with Crippen molar-refractivity contribution in [2.75, 3.05) is 11.4 Å². The first-order valence-electron chi connectivity index (χ1n) is 7.91. The van der Waals surface area contributed by atoms with Crippen LogP contribution in [0.25, 0.3) is 0 Å². The molecule has 1 aliphatic heterocycles. The number of para-hydroxylation sites is 1. The molecule has 2 aromatic carbocycles. The van der Waals surface area contributed by atoms with Crippen molar-refractivity contribution in [2.24, 2.45) is 5.73 Å². The lowest BCUT2D eigenvalue weighted by atomic mass is 9.95. The number of nitrogens with zero attached hydrogens (tertiary/aromatic N) is 1. The van der Waals surface area contributed by atoms with Gasteiger partial charge in [-0.2, -0.15) is 0 Å². The van der Waals surface area contributed by atoms with Crippen molar-refractivity contribution in [3.8, 4) is 5.75 Å². The zero-order chi connectivity index (χ0) is 16.6. The molecule has 0 spiro atoms. The lowest BCUT2D eigenvalue weighted by Crippen LogP contribution is -2.44. The van der Waals surface area contributed by atoms with Gasteiger partial charge in [0.25, 0.3) is 0 Å². The number of carbonyl (C=O) groups excluding carboxylic acids is 1. The van der Waals surface area contributed by atoms with Gasteiger partial charge in [-0.25, -0.2) is 0 Å². The minimum atomic E-state index is -0.580. The summed E-state index contributed by atoms with van der Waals surface area (Å²) in [5.74, 6) is 0.207. The van der Waals surface area contributed by atoms with Crippen LogP contribution in [0.1, 0.15) is 22.3 Å². The van der Waals surface area contributed by atoms with E-state index in [1.807, 2.05) is 32.0 Å². The smallest absolute Gasteiger partial charge is 0.244 e. The van der Waals surface area contributed by atoms with Crippen LogP contribution in [0.4, 0.5) is 5.69 Å². The molecular formula is C19H22N2O2. The molecule has 3 N–H and O–H groups in total. The largest absolute Gasteiger partial charge is 0.508 e. The third kappa shape index (κ3) is 2.94. The van der Waals surface area contributed by atoms with Gasteiger partial charge in [-0.1, -0.05) is 18.2 Å². The van der Waals surface area contributed by atoms with E-state index in [2.05, 4.69) is 6.07 Å². The van der Waals surface area contributed by atoms with Crippen molar-refractivity contribution in [1.82, 2.24) is 0 Å². The van der Waals surface area contributed by atoms with Crippen molar-refractivity contribution in [1.29, 1.82) is 0 Å². The van der Waals surface area contributed by atoms with Crippen LogP contribution in [0.5, 0.6) is 5.75 Å². The average Bonchev–Trinajstić information content (AvgIpc) is 2.93. The van der Waals surface area contributed by atoms with Gasteiger partial charge in [0.05, 0.1) is 6.04 Å². The minimum absolute atomic E-state index is 0.0400. The first kappa shape index (κ1) is 15.6. The maximum Gasteiger partial charge on any atom is 0.244 e. The summed E-state index contributed by atoms with van der Waals surface area (Å²) in [6.45, 7) is 4.56. The molecule has 0 radical (unpaired) electrons. The highest BCUT2D eigenvalue weighted by Gasteiger charge is 2.28. The van der Waals surface area contributed by atoms with Crippen LogP contribution in [0.15, 0.2) is 36.4 Å². The lowest BCUT2D eigenvalue weighted by Gasteiger charge is -2.22. The fourth-order valence-corrected chi connectivity index (χ4v) is 3.37. The number of aryl methyl sites for hydroxylation is 2. The Labute approximate surface area is 136 Å². The van der Waals surface area contributed by atoms with E-state index in [9.17, 15) is 9.90 Å². The van der Waals surface area contributed by atoms with Gasteiger partial charge in [0.2, 0.25) is 5.91 Å². The van der Waals surface area contributed by atoms with E-state index in [0.29, 0.717) is 13.0 Å². The van der Waals surface area contributed by atoms with Crippen molar-refractivity contribution in [3.63, 3.8) is 0 Å². The number of hydrogen-bond donors (Lipinski definition) is 2. The molecule has 3 rings (SSSR count). The molecule has 2 aromatic rings. The Morgan fingerprint density at radius 2 is 1.91 bits per heavy atom. The molecule has 1 unspecified atom stereocenters. The molecule has 0 bridgehead atoms. The molecule has 1 aliphatic rings. The topological polar surface area (TPSA) is 66.6 Å². The number of nitrogens with two attached hydrogens (primary N) is 1. The van der Waals surface area contributed by atoms with E-state index in [1.54, 1.807) is 17.0 Å². The van der Waals surface area contributed by atoms with Gasteiger partial charge in [-0.3, -0.25) is 4.79 Å². The third-order valence-electron chi connectivity index (χ3n) is 4.58. The van der Waals surface area contributed by atoms with Gasteiger partial charge >= 0.3 is 0 Å². The summed E-state index contributed by atoms with van der Waals surface area (Å²) in [6.07, 6.45) is 1.36. The lowest BCUT2D eigenvalue weighted by molar-refractivity contribution is -0.119. The van der Waals surface area contributed by atoms with Crippen molar-refractivity contribution in [2.45, 2.75) is 32.7 Å². The quantitative estimate of drug-likeness (QED) is 0.915. The average molecular weight is 310 g/mol. The number of hydrogen-bond acceptors (Lipinski definition) is 3. The highest BCUT2D eigenvalue weighted by molar-refractivity contribution is 5.99. The zero-order valence-electron chi connectivity index (χ0n) is 13.5. The first-order chi connectivity index (χ1) is 11.0. The normalized spacial score (nSPS) is 14.7. The van der Waals surface area contributed by atoms with Gasteiger partial charge in [-0.05, 0) is 67.1 Å². The van der Waals surface area contributed by atoms with Crippen LogP contribution in [0.3, 0.4) is 0 Å². The van der Waals surface area contributed by atoms with Gasteiger partial charge < -0.3 is 15.7 Å². The fourth-order valence-electron chi connectivity index (χ4n) is 3.37. The number of phenolic OH excluding ortho intramolecular Hbond substituents is 1. The van der Waals surface area contributed by atoms with Crippen molar-refractivity contribution < 1.29 is 9.90 Å². The maximum absolute atomic E-state index is 12.8. The molecule has 0 saturated heterocycles. The Kier molecular flexibility index (Phi) is 4.09. The predicted molar refractivity (Wildman–Crippen MR) is 91.8 cm³/mol. The SMILES string of the molecule is Cc1cc(O)cc(C)c1CC(N)C(=O)N1CCc2ccccc21. The second-order valence-corrected chi connectivity index (χ2v) is 6.24. The van der Waals surface area contributed by atoms with E-state index >= 15 is 0 Å². The monoisotopic (exact) mass is 310 g/mol. The second-order valence-electron chi connectivity index (χ2n) is 6.24. The van der Waals surface area contributed by atoms with Crippen molar-refractivity contribution >= 4 is 11.6 Å². The van der Waals surface area contributed by atoms with Gasteiger partial charge in [0.15, 0.2) is 0 Å². The molecule has 120 valence electrons.